The number of aryl methyl sites for hydroxylation is 1. The van der Waals surface area contributed by atoms with E-state index in [9.17, 15) is 0 Å². The minimum Gasteiger partial charge on any atom is -0.377 e. The third-order valence-electron chi connectivity index (χ3n) is 1.84. The molecular formula is C10H17NO. The smallest absolute Gasteiger partial charge is 0.0649 e. The van der Waals surface area contributed by atoms with Crippen LogP contribution in [-0.2, 0) is 11.3 Å². The van der Waals surface area contributed by atoms with Crippen LogP contribution in [0.5, 0.6) is 0 Å². The lowest BCUT2D eigenvalue weighted by Gasteiger charge is -2.09. The molecule has 0 saturated carbocycles. The molecule has 0 aliphatic carbocycles. The number of rotatable bonds is 4. The summed E-state index contributed by atoms with van der Waals surface area (Å²) in [5.74, 6) is 0. The van der Waals surface area contributed by atoms with Crippen molar-refractivity contribution in [3.8, 4) is 0 Å². The molecule has 0 N–H and O–H groups in total. The molecule has 1 rings (SSSR count). The Hall–Kier alpha value is -0.760. The molecule has 0 spiro atoms. The summed E-state index contributed by atoms with van der Waals surface area (Å²) in [5, 5.41) is 0. The highest BCUT2D eigenvalue weighted by Crippen LogP contribution is 1.99. The molecule has 0 aliphatic heterocycles. The maximum absolute atomic E-state index is 5.45. The molecule has 0 fully saturated rings. The largest absolute Gasteiger partial charge is 0.377 e. The fourth-order valence-electron chi connectivity index (χ4n) is 1.14. The van der Waals surface area contributed by atoms with Gasteiger partial charge in [0.2, 0.25) is 0 Å². The Morgan fingerprint density at radius 1 is 1.50 bits per heavy atom. The molecule has 0 radical (unpaired) electrons. The molecule has 0 unspecified atom stereocenters. The van der Waals surface area contributed by atoms with Gasteiger partial charge in [-0.15, -0.1) is 0 Å². The van der Waals surface area contributed by atoms with Crippen LogP contribution >= 0.6 is 0 Å². The first kappa shape index (κ1) is 9.33. The summed E-state index contributed by atoms with van der Waals surface area (Å²) in [7, 11) is 0. The van der Waals surface area contributed by atoms with Crippen LogP contribution in [-0.4, -0.2) is 17.3 Å². The Balaban J connectivity index is 2.29. The van der Waals surface area contributed by atoms with Crippen LogP contribution in [0.25, 0.3) is 0 Å². The highest BCUT2D eigenvalue weighted by atomic mass is 16.5. The van der Waals surface area contributed by atoms with Gasteiger partial charge >= 0.3 is 0 Å². The van der Waals surface area contributed by atoms with E-state index in [1.807, 2.05) is 0 Å². The van der Waals surface area contributed by atoms with Gasteiger partial charge in [-0.2, -0.15) is 0 Å². The Bertz CT molecular complexity index is 227. The molecule has 12 heavy (non-hydrogen) atoms. The van der Waals surface area contributed by atoms with E-state index in [4.69, 9.17) is 4.74 Å². The number of aromatic nitrogens is 1. The van der Waals surface area contributed by atoms with Crippen LogP contribution in [0, 0.1) is 6.92 Å². The molecule has 1 aromatic rings. The zero-order chi connectivity index (χ0) is 8.97. The van der Waals surface area contributed by atoms with E-state index < -0.39 is 0 Å². The van der Waals surface area contributed by atoms with Crippen molar-refractivity contribution in [1.29, 1.82) is 0 Å². The Morgan fingerprint density at radius 2 is 2.25 bits per heavy atom. The lowest BCUT2D eigenvalue weighted by atomic mass is 10.4. The second kappa shape index (κ2) is 4.31. The molecule has 1 heterocycles. The van der Waals surface area contributed by atoms with Crippen LogP contribution in [0.2, 0.25) is 0 Å². The summed E-state index contributed by atoms with van der Waals surface area (Å²) in [5.41, 5.74) is 1.29. The van der Waals surface area contributed by atoms with Crippen molar-refractivity contribution in [2.45, 2.75) is 33.4 Å². The molecule has 0 atom stereocenters. The van der Waals surface area contributed by atoms with Crippen molar-refractivity contribution in [3.05, 3.63) is 24.0 Å². The van der Waals surface area contributed by atoms with E-state index in [2.05, 4.69) is 43.7 Å². The predicted octanol–water partition coefficient (Wildman–Crippen LogP) is 2.22. The maximum atomic E-state index is 5.45. The standard InChI is InChI=1S/C10H17NO/c1-9(2)12-8-7-11-6-4-5-10(11)3/h4-6,9H,7-8H2,1-3H3. The van der Waals surface area contributed by atoms with Gasteiger partial charge in [0.1, 0.15) is 0 Å². The molecule has 0 amide bonds. The fourth-order valence-corrected chi connectivity index (χ4v) is 1.14. The normalized spacial score (nSPS) is 11.0. The molecule has 0 bridgehead atoms. The predicted molar refractivity (Wildman–Crippen MR) is 50.3 cm³/mol. The topological polar surface area (TPSA) is 14.2 Å². The van der Waals surface area contributed by atoms with Crippen molar-refractivity contribution in [2.24, 2.45) is 0 Å². The number of nitrogens with zero attached hydrogens (tertiary/aromatic N) is 1. The average Bonchev–Trinajstić information content (AvgIpc) is 2.36. The van der Waals surface area contributed by atoms with Gasteiger partial charge in [0.15, 0.2) is 0 Å². The molecular weight excluding hydrogens is 150 g/mol. The summed E-state index contributed by atoms with van der Waals surface area (Å²) in [6.45, 7) is 7.98. The molecule has 0 aliphatic rings. The van der Waals surface area contributed by atoms with Gasteiger partial charge in [0.25, 0.3) is 0 Å². The summed E-state index contributed by atoms with van der Waals surface area (Å²) >= 11 is 0. The summed E-state index contributed by atoms with van der Waals surface area (Å²) in [4.78, 5) is 0. The molecule has 68 valence electrons. The van der Waals surface area contributed by atoms with Gasteiger partial charge in [-0.3, -0.25) is 0 Å². The first-order valence-corrected chi connectivity index (χ1v) is 4.43. The lowest BCUT2D eigenvalue weighted by Crippen LogP contribution is -2.10. The third kappa shape index (κ3) is 2.70. The molecule has 0 saturated heterocycles. The second-order valence-electron chi connectivity index (χ2n) is 3.26. The van der Waals surface area contributed by atoms with Gasteiger partial charge in [0, 0.05) is 18.4 Å². The van der Waals surface area contributed by atoms with Crippen LogP contribution in [0.15, 0.2) is 18.3 Å². The maximum Gasteiger partial charge on any atom is 0.0649 e. The monoisotopic (exact) mass is 167 g/mol. The van der Waals surface area contributed by atoms with E-state index in [1.54, 1.807) is 0 Å². The minimum absolute atomic E-state index is 0.334. The zero-order valence-corrected chi connectivity index (χ0v) is 8.08. The minimum atomic E-state index is 0.334. The molecule has 2 nitrogen and oxygen atoms in total. The van der Waals surface area contributed by atoms with E-state index >= 15 is 0 Å². The van der Waals surface area contributed by atoms with Crippen LogP contribution < -0.4 is 0 Å². The van der Waals surface area contributed by atoms with Gasteiger partial charge in [-0.1, -0.05) is 0 Å². The summed E-state index contributed by atoms with van der Waals surface area (Å²) in [6.07, 6.45) is 2.42. The number of ether oxygens (including phenoxy) is 1. The summed E-state index contributed by atoms with van der Waals surface area (Å²) in [6, 6.07) is 4.17. The zero-order valence-electron chi connectivity index (χ0n) is 8.08. The Labute approximate surface area is 74.2 Å². The van der Waals surface area contributed by atoms with E-state index in [0.717, 1.165) is 13.2 Å². The average molecular weight is 167 g/mol. The molecule has 0 aromatic carbocycles. The van der Waals surface area contributed by atoms with Gasteiger partial charge < -0.3 is 9.30 Å². The molecule has 2 heteroatoms. The summed E-state index contributed by atoms with van der Waals surface area (Å²) < 4.78 is 7.65. The van der Waals surface area contributed by atoms with Crippen molar-refractivity contribution >= 4 is 0 Å². The third-order valence-corrected chi connectivity index (χ3v) is 1.84. The van der Waals surface area contributed by atoms with Crippen LogP contribution in [0.3, 0.4) is 0 Å². The van der Waals surface area contributed by atoms with Crippen molar-refractivity contribution < 1.29 is 4.74 Å². The number of hydrogen-bond donors (Lipinski definition) is 0. The fraction of sp³-hybridized carbons (Fsp3) is 0.600. The van der Waals surface area contributed by atoms with Crippen molar-refractivity contribution in [3.63, 3.8) is 0 Å². The SMILES string of the molecule is Cc1cccn1CCOC(C)C. The van der Waals surface area contributed by atoms with Gasteiger partial charge in [-0.05, 0) is 32.9 Å². The first-order chi connectivity index (χ1) is 5.70. The highest BCUT2D eigenvalue weighted by Gasteiger charge is 1.96. The number of hydrogen-bond acceptors (Lipinski definition) is 1. The van der Waals surface area contributed by atoms with E-state index in [0.29, 0.717) is 6.10 Å². The van der Waals surface area contributed by atoms with Crippen molar-refractivity contribution in [2.75, 3.05) is 6.61 Å². The van der Waals surface area contributed by atoms with Crippen LogP contribution in [0.4, 0.5) is 0 Å². The van der Waals surface area contributed by atoms with E-state index in [1.165, 1.54) is 5.69 Å². The quantitative estimate of drug-likeness (QED) is 0.670. The Kier molecular flexibility index (Phi) is 3.35. The van der Waals surface area contributed by atoms with Gasteiger partial charge in [0.05, 0.1) is 12.7 Å². The second-order valence-corrected chi connectivity index (χ2v) is 3.26. The Morgan fingerprint density at radius 3 is 2.75 bits per heavy atom. The van der Waals surface area contributed by atoms with Crippen molar-refractivity contribution in [1.82, 2.24) is 4.57 Å². The van der Waals surface area contributed by atoms with Gasteiger partial charge in [-0.25, -0.2) is 0 Å². The van der Waals surface area contributed by atoms with E-state index in [-0.39, 0.29) is 0 Å². The van der Waals surface area contributed by atoms with Crippen LogP contribution in [0.1, 0.15) is 19.5 Å². The molecule has 1 aromatic heterocycles. The first-order valence-electron chi connectivity index (χ1n) is 4.43. The lowest BCUT2D eigenvalue weighted by molar-refractivity contribution is 0.0725. The highest BCUT2D eigenvalue weighted by molar-refractivity contribution is 5.04.